The predicted molar refractivity (Wildman–Crippen MR) is 121 cm³/mol. The van der Waals surface area contributed by atoms with E-state index >= 15 is 0 Å². The molecule has 0 amide bonds. The molecule has 8 nitrogen and oxygen atoms in total. The molecule has 0 unspecified atom stereocenters. The zero-order chi connectivity index (χ0) is 24.3. The lowest BCUT2D eigenvalue weighted by atomic mass is 10.1. The molecule has 0 saturated heterocycles. The molecular weight excluding hydrogens is 451 g/mol. The number of hydrogen-bond donors (Lipinski definition) is 2. The van der Waals surface area contributed by atoms with Gasteiger partial charge in [0.1, 0.15) is 11.6 Å². The molecule has 0 atom stereocenters. The third kappa shape index (κ3) is 5.72. The number of anilines is 3. The summed E-state index contributed by atoms with van der Waals surface area (Å²) >= 11 is 0. The SMILES string of the molecule is Cc1c(Nc2cc(-c3cccc(OC(F)(F)F)c3)nc(NC3CCCC3)n2)cccc1[N+](=O)[O-]. The summed E-state index contributed by atoms with van der Waals surface area (Å²) in [5.41, 5.74) is 1.64. The van der Waals surface area contributed by atoms with Crippen LogP contribution in [0.25, 0.3) is 11.3 Å². The fourth-order valence-corrected chi connectivity index (χ4v) is 3.92. The van der Waals surface area contributed by atoms with E-state index in [2.05, 4.69) is 25.3 Å². The van der Waals surface area contributed by atoms with Gasteiger partial charge in [0, 0.05) is 29.4 Å². The molecule has 1 fully saturated rings. The van der Waals surface area contributed by atoms with Gasteiger partial charge < -0.3 is 15.4 Å². The van der Waals surface area contributed by atoms with Gasteiger partial charge in [0.2, 0.25) is 5.95 Å². The van der Waals surface area contributed by atoms with Crippen LogP contribution in [0, 0.1) is 17.0 Å². The quantitative estimate of drug-likeness (QED) is 0.304. The van der Waals surface area contributed by atoms with Crippen molar-refractivity contribution in [3.05, 3.63) is 64.2 Å². The maximum absolute atomic E-state index is 12.7. The van der Waals surface area contributed by atoms with E-state index in [0.29, 0.717) is 34.3 Å². The third-order valence-electron chi connectivity index (χ3n) is 5.54. The minimum atomic E-state index is -4.81. The number of halogens is 3. The van der Waals surface area contributed by atoms with Gasteiger partial charge in [0.05, 0.1) is 16.2 Å². The lowest BCUT2D eigenvalue weighted by Gasteiger charge is -2.16. The maximum atomic E-state index is 12.7. The van der Waals surface area contributed by atoms with Crippen molar-refractivity contribution in [1.29, 1.82) is 0 Å². The van der Waals surface area contributed by atoms with E-state index in [1.807, 2.05) is 0 Å². The standard InChI is InChI=1S/C23H22F3N5O3/c1-14-18(10-5-11-20(14)31(32)33)28-21-13-19(29-22(30-21)27-16-7-2-3-8-16)15-6-4-9-17(12-15)34-23(24,25)26/h4-6,9-13,16H,2-3,7-8H2,1H3,(H2,27,28,29,30). The van der Waals surface area contributed by atoms with Gasteiger partial charge in [-0.3, -0.25) is 10.1 Å². The minimum Gasteiger partial charge on any atom is -0.406 e. The van der Waals surface area contributed by atoms with Crippen LogP contribution in [-0.4, -0.2) is 27.3 Å². The highest BCUT2D eigenvalue weighted by Crippen LogP contribution is 2.32. The van der Waals surface area contributed by atoms with Crippen LogP contribution < -0.4 is 15.4 Å². The number of rotatable bonds is 7. The number of aromatic nitrogens is 2. The Bertz CT molecular complexity index is 1200. The number of benzene rings is 2. The van der Waals surface area contributed by atoms with E-state index in [9.17, 15) is 23.3 Å². The number of hydrogen-bond acceptors (Lipinski definition) is 7. The summed E-state index contributed by atoms with van der Waals surface area (Å²) in [5, 5.41) is 17.7. The van der Waals surface area contributed by atoms with Crippen LogP contribution in [0.1, 0.15) is 31.2 Å². The van der Waals surface area contributed by atoms with Crippen molar-refractivity contribution in [2.45, 2.75) is 45.0 Å². The first-order chi connectivity index (χ1) is 16.2. The molecule has 1 saturated carbocycles. The molecule has 1 aliphatic rings. The highest BCUT2D eigenvalue weighted by atomic mass is 19.4. The fraction of sp³-hybridized carbons (Fsp3) is 0.304. The van der Waals surface area contributed by atoms with Gasteiger partial charge in [0.25, 0.3) is 5.69 Å². The molecule has 2 N–H and O–H groups in total. The molecule has 0 bridgehead atoms. The second-order valence-electron chi connectivity index (χ2n) is 8.00. The fourth-order valence-electron chi connectivity index (χ4n) is 3.92. The number of nitrogens with one attached hydrogen (secondary N) is 2. The summed E-state index contributed by atoms with van der Waals surface area (Å²) in [7, 11) is 0. The van der Waals surface area contributed by atoms with Crippen LogP contribution in [0.15, 0.2) is 48.5 Å². The van der Waals surface area contributed by atoms with Gasteiger partial charge in [-0.05, 0) is 38.0 Å². The Hall–Kier alpha value is -3.89. The molecule has 11 heteroatoms. The molecule has 2 aromatic carbocycles. The van der Waals surface area contributed by atoms with Crippen molar-refractivity contribution < 1.29 is 22.8 Å². The van der Waals surface area contributed by atoms with E-state index in [1.165, 1.54) is 24.3 Å². The normalized spacial score (nSPS) is 14.1. The topological polar surface area (TPSA) is 102 Å². The van der Waals surface area contributed by atoms with Crippen molar-refractivity contribution in [2.75, 3.05) is 10.6 Å². The van der Waals surface area contributed by atoms with Gasteiger partial charge in [-0.1, -0.05) is 31.0 Å². The van der Waals surface area contributed by atoms with Crippen molar-refractivity contribution in [2.24, 2.45) is 0 Å². The van der Waals surface area contributed by atoms with E-state index in [1.54, 1.807) is 31.2 Å². The van der Waals surface area contributed by atoms with E-state index in [-0.39, 0.29) is 17.5 Å². The first-order valence-corrected chi connectivity index (χ1v) is 10.7. The molecule has 1 aromatic heterocycles. The molecule has 1 aliphatic carbocycles. The average Bonchev–Trinajstić information content (AvgIpc) is 3.27. The van der Waals surface area contributed by atoms with E-state index < -0.39 is 11.3 Å². The Kier molecular flexibility index (Phi) is 6.53. The number of nitrogens with zero attached hydrogens (tertiary/aromatic N) is 3. The highest BCUT2D eigenvalue weighted by Gasteiger charge is 2.31. The summed E-state index contributed by atoms with van der Waals surface area (Å²) in [5.74, 6) is 0.298. The number of nitro benzene ring substituents is 1. The average molecular weight is 473 g/mol. The largest absolute Gasteiger partial charge is 0.573 e. The molecular formula is C23H22F3N5O3. The number of nitro groups is 1. The van der Waals surface area contributed by atoms with Crippen LogP contribution in [0.5, 0.6) is 5.75 Å². The van der Waals surface area contributed by atoms with E-state index in [0.717, 1.165) is 25.7 Å². The predicted octanol–water partition coefficient (Wildman–Crippen LogP) is 6.36. The summed E-state index contributed by atoms with van der Waals surface area (Å²) < 4.78 is 42.1. The summed E-state index contributed by atoms with van der Waals surface area (Å²) in [6.45, 7) is 1.62. The van der Waals surface area contributed by atoms with Crippen LogP contribution in [0.2, 0.25) is 0 Å². The number of alkyl halides is 3. The van der Waals surface area contributed by atoms with Crippen molar-refractivity contribution >= 4 is 23.1 Å². The first-order valence-electron chi connectivity index (χ1n) is 10.7. The van der Waals surface area contributed by atoms with Crippen molar-refractivity contribution in [1.82, 2.24) is 9.97 Å². The first kappa shape index (κ1) is 23.3. The zero-order valence-electron chi connectivity index (χ0n) is 18.2. The summed E-state index contributed by atoms with van der Waals surface area (Å²) in [6, 6.07) is 11.9. The maximum Gasteiger partial charge on any atom is 0.573 e. The second kappa shape index (κ2) is 9.54. The second-order valence-corrected chi connectivity index (χ2v) is 8.00. The third-order valence-corrected chi connectivity index (χ3v) is 5.54. The van der Waals surface area contributed by atoms with Gasteiger partial charge >= 0.3 is 6.36 Å². The Morgan fingerprint density at radius 1 is 1.09 bits per heavy atom. The van der Waals surface area contributed by atoms with Gasteiger partial charge in [0.15, 0.2) is 0 Å². The molecule has 3 aromatic rings. The molecule has 0 radical (unpaired) electrons. The molecule has 4 rings (SSSR count). The lowest BCUT2D eigenvalue weighted by molar-refractivity contribution is -0.385. The lowest BCUT2D eigenvalue weighted by Crippen LogP contribution is -2.17. The Labute approximate surface area is 193 Å². The minimum absolute atomic E-state index is 0.0411. The van der Waals surface area contributed by atoms with E-state index in [4.69, 9.17) is 0 Å². The van der Waals surface area contributed by atoms with Crippen LogP contribution in [0.3, 0.4) is 0 Å². The molecule has 1 heterocycles. The molecule has 0 spiro atoms. The summed E-state index contributed by atoms with van der Waals surface area (Å²) in [6.07, 6.45) is -0.700. The van der Waals surface area contributed by atoms with Gasteiger partial charge in [-0.25, -0.2) is 4.98 Å². The van der Waals surface area contributed by atoms with Gasteiger partial charge in [-0.15, -0.1) is 13.2 Å². The van der Waals surface area contributed by atoms with Crippen molar-refractivity contribution in [3.63, 3.8) is 0 Å². The Morgan fingerprint density at radius 3 is 2.53 bits per heavy atom. The zero-order valence-corrected chi connectivity index (χ0v) is 18.2. The summed E-state index contributed by atoms with van der Waals surface area (Å²) in [4.78, 5) is 19.8. The molecule has 178 valence electrons. The Balaban J connectivity index is 1.71. The van der Waals surface area contributed by atoms with Crippen LogP contribution >= 0.6 is 0 Å². The highest BCUT2D eigenvalue weighted by molar-refractivity contribution is 5.71. The number of ether oxygens (including phenoxy) is 1. The van der Waals surface area contributed by atoms with Crippen molar-refractivity contribution in [3.8, 4) is 17.0 Å². The van der Waals surface area contributed by atoms with Crippen LogP contribution in [0.4, 0.5) is 36.3 Å². The smallest absolute Gasteiger partial charge is 0.406 e. The molecule has 0 aliphatic heterocycles. The monoisotopic (exact) mass is 473 g/mol. The molecule has 34 heavy (non-hydrogen) atoms. The van der Waals surface area contributed by atoms with Crippen LogP contribution in [-0.2, 0) is 0 Å². The van der Waals surface area contributed by atoms with Gasteiger partial charge in [-0.2, -0.15) is 4.98 Å². The Morgan fingerprint density at radius 2 is 1.82 bits per heavy atom.